The molecule has 0 saturated carbocycles. The predicted molar refractivity (Wildman–Crippen MR) is 141 cm³/mol. The number of sulfonamides is 1. The summed E-state index contributed by atoms with van der Waals surface area (Å²) in [5.41, 5.74) is 0.334. The Labute approximate surface area is 223 Å². The molecule has 0 saturated heterocycles. The van der Waals surface area contributed by atoms with E-state index in [9.17, 15) is 8.42 Å². The number of hydrogen-bond acceptors (Lipinski definition) is 9. The zero-order valence-electron chi connectivity index (χ0n) is 19.4. The molecule has 1 N–H and O–H groups in total. The third-order valence-electron chi connectivity index (χ3n) is 4.73. The van der Waals surface area contributed by atoms with Gasteiger partial charge in [0.25, 0.3) is 15.9 Å². The van der Waals surface area contributed by atoms with Crippen LogP contribution in [0.25, 0.3) is 17.7 Å². The summed E-state index contributed by atoms with van der Waals surface area (Å²) in [6, 6.07) is 13.2. The number of aromatic nitrogens is 4. The summed E-state index contributed by atoms with van der Waals surface area (Å²) < 4.78 is 45.3. The summed E-state index contributed by atoms with van der Waals surface area (Å²) in [6.45, 7) is 0. The van der Waals surface area contributed by atoms with Gasteiger partial charge in [0.2, 0.25) is 11.6 Å². The molecule has 0 aliphatic heterocycles. The lowest BCUT2D eigenvalue weighted by Crippen LogP contribution is -2.13. The van der Waals surface area contributed by atoms with Gasteiger partial charge in [-0.05, 0) is 36.4 Å². The van der Waals surface area contributed by atoms with E-state index in [2.05, 4.69) is 24.7 Å². The number of hydrogen-bond donors (Lipinski definition) is 1. The number of nitrogens with one attached hydrogen (secondary N) is 1. The molecule has 0 fully saturated rings. The molecule has 37 heavy (non-hydrogen) atoms. The maximum atomic E-state index is 13.1. The summed E-state index contributed by atoms with van der Waals surface area (Å²) in [4.78, 5) is 16.9. The number of methoxy groups -OCH3 is 2. The maximum Gasteiger partial charge on any atom is 0.263 e. The number of nitrogens with zero attached hydrogens (tertiary/aromatic N) is 4. The Kier molecular flexibility index (Phi) is 8.07. The lowest BCUT2D eigenvalue weighted by Gasteiger charge is -2.16. The first kappa shape index (κ1) is 26.1. The van der Waals surface area contributed by atoms with Crippen LogP contribution in [0.15, 0.2) is 66.3 Å². The predicted octanol–water partition coefficient (Wildman–Crippen LogP) is 5.46. The Morgan fingerprint density at radius 3 is 2.16 bits per heavy atom. The Balaban J connectivity index is 1.80. The molecule has 0 amide bonds. The van der Waals surface area contributed by atoms with Gasteiger partial charge in [0.05, 0.1) is 19.6 Å². The monoisotopic (exact) mass is 559 g/mol. The quantitative estimate of drug-likeness (QED) is 0.284. The highest BCUT2D eigenvalue weighted by Gasteiger charge is 2.24. The van der Waals surface area contributed by atoms with Crippen LogP contribution in [0.4, 0.5) is 5.82 Å². The van der Waals surface area contributed by atoms with Crippen molar-refractivity contribution in [2.45, 2.75) is 0 Å². The van der Waals surface area contributed by atoms with Crippen LogP contribution in [0.2, 0.25) is 10.0 Å². The Bertz CT molecular complexity index is 1530. The molecule has 190 valence electrons. The van der Waals surface area contributed by atoms with E-state index in [1.54, 1.807) is 48.5 Å². The van der Waals surface area contributed by atoms with Crippen LogP contribution in [0.3, 0.4) is 0 Å². The van der Waals surface area contributed by atoms with E-state index in [1.165, 1.54) is 32.7 Å². The molecule has 2 aromatic carbocycles. The highest BCUT2D eigenvalue weighted by molar-refractivity contribution is 7.95. The molecule has 2 aromatic heterocycles. The summed E-state index contributed by atoms with van der Waals surface area (Å²) in [7, 11) is -1.34. The molecule has 4 rings (SSSR count). The van der Waals surface area contributed by atoms with Gasteiger partial charge in [-0.15, -0.1) is 0 Å². The third-order valence-corrected chi connectivity index (χ3v) is 6.36. The van der Waals surface area contributed by atoms with E-state index >= 15 is 0 Å². The van der Waals surface area contributed by atoms with Gasteiger partial charge in [-0.25, -0.2) is 23.4 Å². The fourth-order valence-corrected chi connectivity index (χ4v) is 4.37. The van der Waals surface area contributed by atoms with Crippen LogP contribution in [0.5, 0.6) is 23.1 Å². The van der Waals surface area contributed by atoms with Crippen LogP contribution < -0.4 is 18.9 Å². The van der Waals surface area contributed by atoms with E-state index in [0.29, 0.717) is 11.3 Å². The van der Waals surface area contributed by atoms with Gasteiger partial charge in [-0.2, -0.15) is 4.98 Å². The first-order valence-corrected chi connectivity index (χ1v) is 12.8. The molecule has 0 aliphatic carbocycles. The van der Waals surface area contributed by atoms with Crippen LogP contribution in [-0.2, 0) is 10.0 Å². The molecule has 0 bridgehead atoms. The molecule has 0 spiro atoms. The van der Waals surface area contributed by atoms with Crippen LogP contribution in [0.1, 0.15) is 5.56 Å². The van der Waals surface area contributed by atoms with Crippen molar-refractivity contribution in [1.82, 2.24) is 19.9 Å². The maximum absolute atomic E-state index is 13.1. The van der Waals surface area contributed by atoms with Gasteiger partial charge in [-0.1, -0.05) is 41.4 Å². The fourth-order valence-electron chi connectivity index (χ4n) is 3.05. The molecule has 2 heterocycles. The second kappa shape index (κ2) is 11.4. The minimum Gasteiger partial charge on any atom is -0.493 e. The Morgan fingerprint density at radius 1 is 0.838 bits per heavy atom. The van der Waals surface area contributed by atoms with Gasteiger partial charge < -0.3 is 14.2 Å². The van der Waals surface area contributed by atoms with Crippen molar-refractivity contribution in [1.29, 1.82) is 0 Å². The van der Waals surface area contributed by atoms with E-state index in [-0.39, 0.29) is 44.9 Å². The largest absolute Gasteiger partial charge is 0.493 e. The van der Waals surface area contributed by atoms with E-state index < -0.39 is 10.0 Å². The molecule has 0 radical (unpaired) electrons. The molecule has 0 atom stereocenters. The molecular weight excluding hydrogens is 541 g/mol. The second-order valence-corrected chi connectivity index (χ2v) is 9.53. The minimum absolute atomic E-state index is 0.000606. The zero-order chi connectivity index (χ0) is 26.4. The number of halogens is 2. The van der Waals surface area contributed by atoms with E-state index in [1.807, 2.05) is 0 Å². The lowest BCUT2D eigenvalue weighted by molar-refractivity contribution is 0.348. The summed E-state index contributed by atoms with van der Waals surface area (Å²) in [5.74, 6) is 0.398. The van der Waals surface area contributed by atoms with Crippen LogP contribution in [-0.4, -0.2) is 42.6 Å². The van der Waals surface area contributed by atoms with Gasteiger partial charge in [0, 0.05) is 28.0 Å². The van der Waals surface area contributed by atoms with Crippen molar-refractivity contribution in [2.75, 3.05) is 18.9 Å². The molecular formula is C24H19Cl2N5O5S. The third kappa shape index (κ3) is 6.26. The van der Waals surface area contributed by atoms with Crippen molar-refractivity contribution in [3.63, 3.8) is 0 Å². The smallest absolute Gasteiger partial charge is 0.263 e. The average molecular weight is 560 g/mol. The van der Waals surface area contributed by atoms with Crippen molar-refractivity contribution < 1.29 is 22.6 Å². The van der Waals surface area contributed by atoms with Gasteiger partial charge in [0.1, 0.15) is 0 Å². The van der Waals surface area contributed by atoms with Crippen molar-refractivity contribution in [3.8, 4) is 34.8 Å². The second-order valence-electron chi connectivity index (χ2n) is 7.14. The SMILES string of the molecule is COc1ccccc1Oc1c(NS(=O)(=O)/C=C/c2c(Cl)cccc2Cl)nc(-c2ncccn2)nc1OC. The van der Waals surface area contributed by atoms with Crippen molar-refractivity contribution >= 4 is 45.1 Å². The molecule has 0 unspecified atom stereocenters. The van der Waals surface area contributed by atoms with Gasteiger partial charge in [-0.3, -0.25) is 4.72 Å². The Morgan fingerprint density at radius 2 is 1.51 bits per heavy atom. The first-order valence-electron chi connectivity index (χ1n) is 10.5. The lowest BCUT2D eigenvalue weighted by atomic mass is 10.2. The van der Waals surface area contributed by atoms with Crippen molar-refractivity contribution in [2.24, 2.45) is 0 Å². The topological polar surface area (TPSA) is 125 Å². The average Bonchev–Trinajstić information content (AvgIpc) is 2.89. The summed E-state index contributed by atoms with van der Waals surface area (Å²) in [5, 5.41) is 1.47. The van der Waals surface area contributed by atoms with Gasteiger partial charge in [0.15, 0.2) is 23.1 Å². The minimum atomic E-state index is -4.17. The van der Waals surface area contributed by atoms with E-state index in [0.717, 1.165) is 5.41 Å². The highest BCUT2D eigenvalue weighted by atomic mass is 35.5. The summed E-state index contributed by atoms with van der Waals surface area (Å²) >= 11 is 12.3. The Hall–Kier alpha value is -3.93. The van der Waals surface area contributed by atoms with Crippen LogP contribution >= 0.6 is 23.2 Å². The van der Waals surface area contributed by atoms with Crippen LogP contribution in [0, 0.1) is 0 Å². The zero-order valence-corrected chi connectivity index (χ0v) is 21.8. The summed E-state index contributed by atoms with van der Waals surface area (Å²) in [6.07, 6.45) is 4.27. The highest BCUT2D eigenvalue weighted by Crippen LogP contribution is 2.41. The standard InChI is InChI=1S/C24H19Cl2N5O5S/c1-34-18-9-3-4-10-19(18)36-20-21(29-23(30-24(20)35-2)22-27-12-6-13-28-22)31-37(32,33)14-11-15-16(25)7-5-8-17(15)26/h3-14H,1-2H3,(H,29,30,31)/b14-11+. The van der Waals surface area contributed by atoms with Gasteiger partial charge >= 0.3 is 0 Å². The number of para-hydroxylation sites is 2. The number of rotatable bonds is 9. The molecule has 4 aromatic rings. The van der Waals surface area contributed by atoms with Crippen molar-refractivity contribution in [3.05, 3.63) is 81.9 Å². The molecule has 0 aliphatic rings. The first-order chi connectivity index (χ1) is 17.8. The molecule has 10 nitrogen and oxygen atoms in total. The molecule has 13 heteroatoms. The number of anilines is 1. The normalized spacial score (nSPS) is 11.4. The fraction of sp³-hybridized carbons (Fsp3) is 0.0833. The number of ether oxygens (including phenoxy) is 3. The van der Waals surface area contributed by atoms with E-state index in [4.69, 9.17) is 37.4 Å². The number of benzene rings is 2.